The highest BCUT2D eigenvalue weighted by Gasteiger charge is 2.24. The van der Waals surface area contributed by atoms with Crippen molar-refractivity contribution in [3.8, 4) is 0 Å². The van der Waals surface area contributed by atoms with Gasteiger partial charge in [0.25, 0.3) is 0 Å². The van der Waals surface area contributed by atoms with E-state index in [-0.39, 0.29) is 12.1 Å². The summed E-state index contributed by atoms with van der Waals surface area (Å²) in [6, 6.07) is 0. The van der Waals surface area contributed by atoms with E-state index in [2.05, 4.69) is 11.9 Å². The van der Waals surface area contributed by atoms with Crippen molar-refractivity contribution in [2.24, 2.45) is 11.7 Å². The molecular formula is C13H20N2O2S. The number of hydrogen-bond acceptors (Lipinski definition) is 5. The highest BCUT2D eigenvalue weighted by atomic mass is 32.1. The molecule has 0 amide bonds. The summed E-state index contributed by atoms with van der Waals surface area (Å²) < 4.78 is 5.56. The molecule has 0 unspecified atom stereocenters. The average Bonchev–Trinajstić information content (AvgIpc) is 2.73. The van der Waals surface area contributed by atoms with Gasteiger partial charge < -0.3 is 10.5 Å². The van der Waals surface area contributed by atoms with E-state index >= 15 is 0 Å². The summed E-state index contributed by atoms with van der Waals surface area (Å²) in [6.07, 6.45) is 4.33. The van der Waals surface area contributed by atoms with Crippen LogP contribution in [0.2, 0.25) is 0 Å². The van der Waals surface area contributed by atoms with Crippen LogP contribution >= 0.6 is 11.3 Å². The van der Waals surface area contributed by atoms with Crippen LogP contribution in [0.5, 0.6) is 0 Å². The number of nitrogens with two attached hydrogens (primary N) is 1. The predicted molar refractivity (Wildman–Crippen MR) is 71.6 cm³/mol. The minimum absolute atomic E-state index is 0.0801. The second kappa shape index (κ2) is 5.80. The minimum Gasteiger partial charge on any atom is -0.458 e. The van der Waals surface area contributed by atoms with Gasteiger partial charge in [0.15, 0.2) is 0 Å². The minimum atomic E-state index is -0.232. The Morgan fingerprint density at radius 3 is 2.67 bits per heavy atom. The second-order valence-electron chi connectivity index (χ2n) is 5.01. The summed E-state index contributed by atoms with van der Waals surface area (Å²) in [4.78, 5) is 16.9. The predicted octanol–water partition coefficient (Wildman–Crippen LogP) is 2.65. The lowest BCUT2D eigenvalue weighted by atomic mass is 9.89. The normalized spacial score (nSPS) is 23.9. The van der Waals surface area contributed by atoms with E-state index in [1.807, 2.05) is 6.92 Å². The molecule has 100 valence electrons. The van der Waals surface area contributed by atoms with E-state index < -0.39 is 0 Å². The Labute approximate surface area is 112 Å². The van der Waals surface area contributed by atoms with Gasteiger partial charge >= 0.3 is 5.97 Å². The molecule has 1 aliphatic rings. The van der Waals surface area contributed by atoms with Crippen LogP contribution in [0.25, 0.3) is 0 Å². The SMILES string of the molecule is Cc1nc(CN)sc1C(=O)OC1CCC(C)CC1. The van der Waals surface area contributed by atoms with Gasteiger partial charge in [-0.15, -0.1) is 11.3 Å². The summed E-state index contributed by atoms with van der Waals surface area (Å²) >= 11 is 1.35. The van der Waals surface area contributed by atoms with Crippen LogP contribution in [0.3, 0.4) is 0 Å². The molecule has 1 aliphatic carbocycles. The molecule has 5 heteroatoms. The summed E-state index contributed by atoms with van der Waals surface area (Å²) in [5.41, 5.74) is 6.26. The van der Waals surface area contributed by atoms with Gasteiger partial charge in [-0.05, 0) is 38.5 Å². The number of esters is 1. The third-order valence-electron chi connectivity index (χ3n) is 3.44. The molecule has 2 rings (SSSR count). The Hall–Kier alpha value is -0.940. The topological polar surface area (TPSA) is 65.2 Å². The first-order valence-corrected chi connectivity index (χ1v) is 7.29. The lowest BCUT2D eigenvalue weighted by Crippen LogP contribution is -2.23. The van der Waals surface area contributed by atoms with Crippen molar-refractivity contribution < 1.29 is 9.53 Å². The summed E-state index contributed by atoms with van der Waals surface area (Å²) in [5, 5.41) is 0.789. The number of rotatable bonds is 3. The zero-order chi connectivity index (χ0) is 13.1. The van der Waals surface area contributed by atoms with E-state index in [4.69, 9.17) is 10.5 Å². The summed E-state index contributed by atoms with van der Waals surface area (Å²) in [7, 11) is 0. The molecule has 1 saturated carbocycles. The number of carbonyl (C=O) groups excluding carboxylic acids is 1. The fourth-order valence-electron chi connectivity index (χ4n) is 2.28. The lowest BCUT2D eigenvalue weighted by molar-refractivity contribution is 0.0178. The fraction of sp³-hybridized carbons (Fsp3) is 0.692. The standard InChI is InChI=1S/C13H20N2O2S/c1-8-3-5-10(6-4-8)17-13(16)12-9(2)15-11(7-14)18-12/h8,10H,3-7,14H2,1-2H3. The maximum Gasteiger partial charge on any atom is 0.350 e. The molecule has 0 atom stereocenters. The molecule has 1 aromatic heterocycles. The number of aryl methyl sites for hydroxylation is 1. The number of thiazole rings is 1. The number of nitrogens with zero attached hydrogens (tertiary/aromatic N) is 1. The average molecular weight is 268 g/mol. The number of hydrogen-bond donors (Lipinski definition) is 1. The highest BCUT2D eigenvalue weighted by Crippen LogP contribution is 2.27. The van der Waals surface area contributed by atoms with Gasteiger partial charge in [-0.25, -0.2) is 9.78 Å². The van der Waals surface area contributed by atoms with Crippen molar-refractivity contribution in [1.82, 2.24) is 4.98 Å². The van der Waals surface area contributed by atoms with E-state index in [9.17, 15) is 4.79 Å². The smallest absolute Gasteiger partial charge is 0.350 e. The molecular weight excluding hydrogens is 248 g/mol. The van der Waals surface area contributed by atoms with Crippen molar-refractivity contribution in [3.63, 3.8) is 0 Å². The monoisotopic (exact) mass is 268 g/mol. The zero-order valence-corrected chi connectivity index (χ0v) is 11.8. The maximum absolute atomic E-state index is 12.1. The number of aromatic nitrogens is 1. The van der Waals surface area contributed by atoms with E-state index in [1.165, 1.54) is 11.3 Å². The van der Waals surface area contributed by atoms with Crippen LogP contribution in [0.1, 0.15) is 53.0 Å². The Kier molecular flexibility index (Phi) is 4.35. The molecule has 18 heavy (non-hydrogen) atoms. The van der Waals surface area contributed by atoms with Gasteiger partial charge in [0.1, 0.15) is 16.0 Å². The van der Waals surface area contributed by atoms with Crippen LogP contribution in [-0.4, -0.2) is 17.1 Å². The van der Waals surface area contributed by atoms with Crippen LogP contribution in [0.15, 0.2) is 0 Å². The molecule has 0 aliphatic heterocycles. The first kappa shape index (κ1) is 13.5. The van der Waals surface area contributed by atoms with Crippen molar-refractivity contribution >= 4 is 17.3 Å². The van der Waals surface area contributed by atoms with Crippen LogP contribution < -0.4 is 5.73 Å². The van der Waals surface area contributed by atoms with Crippen LogP contribution in [0.4, 0.5) is 0 Å². The van der Waals surface area contributed by atoms with Crippen molar-refractivity contribution in [3.05, 3.63) is 15.6 Å². The van der Waals surface area contributed by atoms with Gasteiger partial charge in [-0.1, -0.05) is 6.92 Å². The first-order valence-electron chi connectivity index (χ1n) is 6.47. The largest absolute Gasteiger partial charge is 0.458 e. The quantitative estimate of drug-likeness (QED) is 0.856. The lowest BCUT2D eigenvalue weighted by Gasteiger charge is -2.25. The molecule has 1 heterocycles. The molecule has 0 spiro atoms. The number of carbonyl (C=O) groups is 1. The van der Waals surface area contributed by atoms with Gasteiger partial charge in [0.2, 0.25) is 0 Å². The van der Waals surface area contributed by atoms with Gasteiger partial charge in [-0.3, -0.25) is 0 Å². The van der Waals surface area contributed by atoms with Crippen molar-refractivity contribution in [1.29, 1.82) is 0 Å². The fourth-order valence-corrected chi connectivity index (χ4v) is 3.11. The molecule has 1 aromatic rings. The molecule has 0 aromatic carbocycles. The number of ether oxygens (including phenoxy) is 1. The summed E-state index contributed by atoms with van der Waals surface area (Å²) in [5.74, 6) is 0.526. The first-order chi connectivity index (χ1) is 8.60. The molecule has 1 fully saturated rings. The maximum atomic E-state index is 12.1. The molecule has 0 bridgehead atoms. The zero-order valence-electron chi connectivity index (χ0n) is 10.9. The third kappa shape index (κ3) is 3.09. The van der Waals surface area contributed by atoms with Gasteiger partial charge in [0, 0.05) is 6.54 Å². The molecule has 4 nitrogen and oxygen atoms in total. The van der Waals surface area contributed by atoms with E-state index in [0.29, 0.717) is 11.4 Å². The summed E-state index contributed by atoms with van der Waals surface area (Å²) in [6.45, 7) is 4.45. The molecule has 2 N–H and O–H groups in total. The van der Waals surface area contributed by atoms with Crippen LogP contribution in [-0.2, 0) is 11.3 Å². The Morgan fingerprint density at radius 2 is 2.11 bits per heavy atom. The Morgan fingerprint density at radius 1 is 1.44 bits per heavy atom. The molecule has 0 saturated heterocycles. The Balaban J connectivity index is 1.96. The van der Waals surface area contributed by atoms with E-state index in [1.54, 1.807) is 0 Å². The highest BCUT2D eigenvalue weighted by molar-refractivity contribution is 7.13. The van der Waals surface area contributed by atoms with Crippen LogP contribution in [0, 0.1) is 12.8 Å². The second-order valence-corrected chi connectivity index (χ2v) is 6.10. The van der Waals surface area contributed by atoms with Gasteiger partial charge in [0.05, 0.1) is 5.69 Å². The third-order valence-corrected chi connectivity index (χ3v) is 4.60. The van der Waals surface area contributed by atoms with E-state index in [0.717, 1.165) is 42.3 Å². The molecule has 0 radical (unpaired) electrons. The van der Waals surface area contributed by atoms with Crippen molar-refractivity contribution in [2.75, 3.05) is 0 Å². The van der Waals surface area contributed by atoms with Crippen molar-refractivity contribution in [2.45, 2.75) is 52.2 Å². The Bertz CT molecular complexity index is 423. The van der Waals surface area contributed by atoms with Gasteiger partial charge in [-0.2, -0.15) is 0 Å².